The summed E-state index contributed by atoms with van der Waals surface area (Å²) < 4.78 is 38.7. The number of nitrogens with zero attached hydrogens (tertiary/aromatic N) is 3. The summed E-state index contributed by atoms with van der Waals surface area (Å²) in [6.45, 7) is 0. The van der Waals surface area contributed by atoms with Crippen LogP contribution in [0.2, 0.25) is 5.28 Å². The second kappa shape index (κ2) is 5.83. The zero-order valence-corrected chi connectivity index (χ0v) is 11.2. The molecule has 20 heavy (non-hydrogen) atoms. The lowest BCUT2D eigenvalue weighted by Gasteiger charge is -2.28. The lowest BCUT2D eigenvalue weighted by atomic mass is 9.85. The summed E-state index contributed by atoms with van der Waals surface area (Å²) in [5.41, 5.74) is -0.968. The van der Waals surface area contributed by atoms with Crippen LogP contribution in [0.25, 0.3) is 0 Å². The van der Waals surface area contributed by atoms with Crippen molar-refractivity contribution in [1.82, 2.24) is 9.97 Å². The Morgan fingerprint density at radius 1 is 1.35 bits per heavy atom. The Balaban J connectivity index is 2.28. The lowest BCUT2D eigenvalue weighted by Crippen LogP contribution is -2.32. The number of rotatable bonds is 2. The Labute approximate surface area is 119 Å². The predicted octanol–water partition coefficient (Wildman–Crippen LogP) is 3.64. The summed E-state index contributed by atoms with van der Waals surface area (Å²) >= 11 is 5.56. The zero-order valence-electron chi connectivity index (χ0n) is 10.4. The molecule has 0 bridgehead atoms. The molecule has 4 nitrogen and oxygen atoms in total. The van der Waals surface area contributed by atoms with Gasteiger partial charge in [-0.3, -0.25) is 0 Å². The van der Waals surface area contributed by atoms with Gasteiger partial charge in [0.05, 0.1) is 12.0 Å². The molecule has 0 saturated heterocycles. The zero-order chi connectivity index (χ0) is 14.8. The van der Waals surface area contributed by atoms with Crippen LogP contribution in [0.4, 0.5) is 19.0 Å². The quantitative estimate of drug-likeness (QED) is 0.847. The molecule has 0 spiro atoms. The molecule has 8 heteroatoms. The highest BCUT2D eigenvalue weighted by molar-refractivity contribution is 6.28. The van der Waals surface area contributed by atoms with Gasteiger partial charge in [0.2, 0.25) is 5.28 Å². The monoisotopic (exact) mass is 304 g/mol. The van der Waals surface area contributed by atoms with Gasteiger partial charge in [0.1, 0.15) is 11.4 Å². The van der Waals surface area contributed by atoms with Crippen molar-refractivity contribution in [3.05, 3.63) is 17.0 Å². The molecular weight excluding hydrogens is 293 g/mol. The SMILES string of the molecule is N#CC1CCCCC1Nc1nc(Cl)ncc1C(F)(F)F. The molecule has 2 atom stereocenters. The molecule has 0 aliphatic heterocycles. The molecular formula is C12H12ClF3N4. The van der Waals surface area contributed by atoms with E-state index in [0.29, 0.717) is 19.0 Å². The molecule has 1 aliphatic carbocycles. The maximum Gasteiger partial charge on any atom is 0.421 e. The summed E-state index contributed by atoms with van der Waals surface area (Å²) in [4.78, 5) is 6.98. The van der Waals surface area contributed by atoms with E-state index in [9.17, 15) is 13.2 Å². The summed E-state index contributed by atoms with van der Waals surface area (Å²) in [5, 5.41) is 11.5. The van der Waals surface area contributed by atoms with Gasteiger partial charge in [-0.1, -0.05) is 12.8 Å². The van der Waals surface area contributed by atoms with Crippen LogP contribution in [0.15, 0.2) is 6.20 Å². The van der Waals surface area contributed by atoms with Crippen molar-refractivity contribution in [1.29, 1.82) is 5.26 Å². The van der Waals surface area contributed by atoms with Gasteiger partial charge in [0.25, 0.3) is 0 Å². The van der Waals surface area contributed by atoms with E-state index < -0.39 is 11.7 Å². The molecule has 1 aliphatic rings. The highest BCUT2D eigenvalue weighted by atomic mass is 35.5. The second-order valence-electron chi connectivity index (χ2n) is 4.67. The van der Waals surface area contributed by atoms with Gasteiger partial charge in [-0.05, 0) is 24.4 Å². The van der Waals surface area contributed by atoms with E-state index in [0.717, 1.165) is 12.8 Å². The fraction of sp³-hybridized carbons (Fsp3) is 0.583. The van der Waals surface area contributed by atoms with Crippen molar-refractivity contribution >= 4 is 17.4 Å². The van der Waals surface area contributed by atoms with Gasteiger partial charge in [-0.2, -0.15) is 18.4 Å². The largest absolute Gasteiger partial charge is 0.421 e. The first-order valence-corrected chi connectivity index (χ1v) is 6.55. The highest BCUT2D eigenvalue weighted by Gasteiger charge is 2.36. The van der Waals surface area contributed by atoms with E-state index in [1.807, 2.05) is 0 Å². The molecule has 1 heterocycles. The number of halogens is 4. The lowest BCUT2D eigenvalue weighted by molar-refractivity contribution is -0.137. The van der Waals surface area contributed by atoms with Gasteiger partial charge in [0, 0.05) is 12.2 Å². The number of nitrogens with one attached hydrogen (secondary N) is 1. The third-order valence-corrected chi connectivity index (χ3v) is 3.50. The number of anilines is 1. The maximum atomic E-state index is 12.9. The average Bonchev–Trinajstić information content (AvgIpc) is 2.38. The van der Waals surface area contributed by atoms with Crippen LogP contribution in [0.3, 0.4) is 0 Å². The summed E-state index contributed by atoms with van der Waals surface area (Å²) in [6, 6.07) is 1.78. The smallest absolute Gasteiger partial charge is 0.365 e. The fourth-order valence-electron chi connectivity index (χ4n) is 2.31. The molecule has 2 rings (SSSR count). The third kappa shape index (κ3) is 3.31. The van der Waals surface area contributed by atoms with Crippen LogP contribution in [0, 0.1) is 17.2 Å². The Hall–Kier alpha value is -1.55. The van der Waals surface area contributed by atoms with Gasteiger partial charge in [-0.25, -0.2) is 9.97 Å². The van der Waals surface area contributed by atoms with E-state index >= 15 is 0 Å². The molecule has 1 fully saturated rings. The van der Waals surface area contributed by atoms with Crippen molar-refractivity contribution in [3.8, 4) is 6.07 Å². The highest BCUT2D eigenvalue weighted by Crippen LogP contribution is 2.35. The minimum atomic E-state index is -4.57. The predicted molar refractivity (Wildman–Crippen MR) is 67.0 cm³/mol. The first-order chi connectivity index (χ1) is 9.41. The summed E-state index contributed by atoms with van der Waals surface area (Å²) in [7, 11) is 0. The van der Waals surface area contributed by atoms with E-state index in [1.54, 1.807) is 0 Å². The van der Waals surface area contributed by atoms with Crippen LogP contribution in [0.5, 0.6) is 0 Å². The average molecular weight is 305 g/mol. The van der Waals surface area contributed by atoms with Crippen LogP contribution >= 0.6 is 11.6 Å². The Bertz CT molecular complexity index is 526. The second-order valence-corrected chi connectivity index (χ2v) is 5.01. The van der Waals surface area contributed by atoms with Crippen molar-refractivity contribution in [2.24, 2.45) is 5.92 Å². The Morgan fingerprint density at radius 3 is 2.70 bits per heavy atom. The minimum Gasteiger partial charge on any atom is -0.365 e. The normalized spacial score (nSPS) is 23.1. The molecule has 1 saturated carbocycles. The van der Waals surface area contributed by atoms with E-state index in [2.05, 4.69) is 21.4 Å². The summed E-state index contributed by atoms with van der Waals surface area (Å²) in [6.07, 6.45) is -0.819. The van der Waals surface area contributed by atoms with Gasteiger partial charge in [-0.15, -0.1) is 0 Å². The molecule has 0 radical (unpaired) electrons. The van der Waals surface area contributed by atoms with Crippen molar-refractivity contribution in [2.75, 3.05) is 5.32 Å². The van der Waals surface area contributed by atoms with E-state index in [4.69, 9.17) is 16.9 Å². The maximum absolute atomic E-state index is 12.9. The molecule has 2 unspecified atom stereocenters. The topological polar surface area (TPSA) is 61.6 Å². The van der Waals surface area contributed by atoms with Gasteiger partial charge in [0.15, 0.2) is 0 Å². The number of nitriles is 1. The van der Waals surface area contributed by atoms with Crippen molar-refractivity contribution < 1.29 is 13.2 Å². The van der Waals surface area contributed by atoms with Crippen molar-refractivity contribution in [3.63, 3.8) is 0 Å². The van der Waals surface area contributed by atoms with Gasteiger partial charge < -0.3 is 5.32 Å². The van der Waals surface area contributed by atoms with Crippen LogP contribution in [-0.4, -0.2) is 16.0 Å². The standard InChI is InChI=1S/C12H12ClF3N4/c13-11-18-6-8(12(14,15)16)10(20-11)19-9-4-2-1-3-7(9)5-17/h6-7,9H,1-4H2,(H,18,19,20). The van der Waals surface area contributed by atoms with Crippen LogP contribution in [-0.2, 0) is 6.18 Å². The number of hydrogen-bond acceptors (Lipinski definition) is 4. The van der Waals surface area contributed by atoms with E-state index in [1.165, 1.54) is 0 Å². The number of alkyl halides is 3. The molecule has 1 N–H and O–H groups in total. The first kappa shape index (κ1) is 14.9. The number of hydrogen-bond donors (Lipinski definition) is 1. The fourth-order valence-corrected chi connectivity index (χ4v) is 2.44. The minimum absolute atomic E-state index is 0.259. The van der Waals surface area contributed by atoms with Crippen LogP contribution in [0.1, 0.15) is 31.2 Å². The molecule has 1 aromatic rings. The molecule has 0 aromatic carbocycles. The van der Waals surface area contributed by atoms with Crippen LogP contribution < -0.4 is 5.32 Å². The summed E-state index contributed by atoms with van der Waals surface area (Å²) in [5.74, 6) is -0.678. The Morgan fingerprint density at radius 2 is 2.05 bits per heavy atom. The molecule has 108 valence electrons. The molecule has 1 aromatic heterocycles. The van der Waals surface area contributed by atoms with E-state index in [-0.39, 0.29) is 23.1 Å². The van der Waals surface area contributed by atoms with Gasteiger partial charge >= 0.3 is 6.18 Å². The van der Waals surface area contributed by atoms with Crippen molar-refractivity contribution in [2.45, 2.75) is 37.9 Å². The molecule has 0 amide bonds. The number of aromatic nitrogens is 2. The third-order valence-electron chi connectivity index (χ3n) is 3.32. The first-order valence-electron chi connectivity index (χ1n) is 6.17. The Kier molecular flexibility index (Phi) is 4.33.